The molecule has 0 aromatic carbocycles. The van der Waals surface area contributed by atoms with Gasteiger partial charge in [0.15, 0.2) is 0 Å². The van der Waals surface area contributed by atoms with Crippen LogP contribution in [0.25, 0.3) is 0 Å². The van der Waals surface area contributed by atoms with Crippen LogP contribution in [0.5, 0.6) is 0 Å². The Morgan fingerprint density at radius 2 is 1.29 bits per heavy atom. The summed E-state index contributed by atoms with van der Waals surface area (Å²) >= 11 is 0. The molecular formula is C22H36N2. The third-order valence-electron chi connectivity index (χ3n) is 6.05. The highest BCUT2D eigenvalue weighted by Crippen LogP contribution is 2.47. The van der Waals surface area contributed by atoms with Crippen molar-refractivity contribution in [2.45, 2.75) is 103 Å². The van der Waals surface area contributed by atoms with E-state index in [0.29, 0.717) is 0 Å². The van der Waals surface area contributed by atoms with Gasteiger partial charge in [-0.05, 0) is 24.8 Å². The van der Waals surface area contributed by atoms with Gasteiger partial charge in [0.2, 0.25) is 0 Å². The van der Waals surface area contributed by atoms with Gasteiger partial charge >= 0.3 is 0 Å². The minimum absolute atomic E-state index is 0.0512. The van der Waals surface area contributed by atoms with Crippen LogP contribution in [-0.4, -0.2) is 0 Å². The van der Waals surface area contributed by atoms with E-state index < -0.39 is 0 Å². The summed E-state index contributed by atoms with van der Waals surface area (Å²) in [6.07, 6.45) is 21.7. The van der Waals surface area contributed by atoms with Gasteiger partial charge in [-0.15, -0.1) is 0 Å². The molecular weight excluding hydrogens is 292 g/mol. The van der Waals surface area contributed by atoms with E-state index in [2.05, 4.69) is 19.1 Å². The van der Waals surface area contributed by atoms with Crippen LogP contribution in [0.1, 0.15) is 103 Å². The molecule has 2 rings (SSSR count). The molecule has 2 nitrogen and oxygen atoms in total. The zero-order valence-corrected chi connectivity index (χ0v) is 15.7. The van der Waals surface area contributed by atoms with Gasteiger partial charge in [0.05, 0.1) is 11.6 Å². The first-order valence-electron chi connectivity index (χ1n) is 10.4. The number of hydrogen-bond donors (Lipinski definition) is 1. The van der Waals surface area contributed by atoms with Crippen LogP contribution in [0.2, 0.25) is 0 Å². The number of hydrogen-bond acceptors (Lipinski definition) is 2. The van der Waals surface area contributed by atoms with E-state index in [1.807, 2.05) is 0 Å². The van der Waals surface area contributed by atoms with Gasteiger partial charge in [-0.2, -0.15) is 5.26 Å². The van der Waals surface area contributed by atoms with Crippen molar-refractivity contribution in [3.8, 4) is 6.07 Å². The normalized spacial score (nSPS) is 24.1. The first kappa shape index (κ1) is 19.1. The van der Waals surface area contributed by atoms with Crippen LogP contribution < -0.4 is 5.73 Å². The van der Waals surface area contributed by atoms with Crippen molar-refractivity contribution in [3.63, 3.8) is 0 Å². The number of nitrogens with two attached hydrogens (primary N) is 1. The lowest BCUT2D eigenvalue weighted by Crippen LogP contribution is -2.20. The molecule has 0 aromatic heterocycles. The molecule has 0 atom stereocenters. The maximum absolute atomic E-state index is 9.75. The van der Waals surface area contributed by atoms with Crippen molar-refractivity contribution in [2.24, 2.45) is 11.1 Å². The summed E-state index contributed by atoms with van der Waals surface area (Å²) in [5.41, 5.74) is 9.15. The minimum Gasteiger partial charge on any atom is -0.398 e. The van der Waals surface area contributed by atoms with Crippen LogP contribution in [0.4, 0.5) is 0 Å². The average molecular weight is 329 g/mol. The van der Waals surface area contributed by atoms with E-state index in [0.717, 1.165) is 30.5 Å². The molecule has 1 saturated carbocycles. The van der Waals surface area contributed by atoms with Crippen molar-refractivity contribution in [1.82, 2.24) is 0 Å². The Hall–Kier alpha value is -1.23. The summed E-state index contributed by atoms with van der Waals surface area (Å²) in [5, 5.41) is 9.75. The van der Waals surface area contributed by atoms with Crippen LogP contribution in [-0.2, 0) is 0 Å². The lowest BCUT2D eigenvalue weighted by molar-refractivity contribution is 0.363. The zero-order chi connectivity index (χ0) is 17.3. The number of allylic oxidation sites excluding steroid dienone is 3. The van der Waals surface area contributed by atoms with E-state index in [1.54, 1.807) is 0 Å². The topological polar surface area (TPSA) is 49.8 Å². The van der Waals surface area contributed by atoms with E-state index >= 15 is 0 Å². The highest BCUT2D eigenvalue weighted by Gasteiger charge is 2.38. The van der Waals surface area contributed by atoms with E-state index in [4.69, 9.17) is 5.73 Å². The molecule has 0 bridgehead atoms. The van der Waals surface area contributed by atoms with Gasteiger partial charge in [-0.3, -0.25) is 0 Å². The fourth-order valence-electron chi connectivity index (χ4n) is 4.54. The molecule has 0 radical (unpaired) electrons. The predicted molar refractivity (Wildman–Crippen MR) is 102 cm³/mol. The molecule has 1 spiro atoms. The Labute approximate surface area is 149 Å². The first-order chi connectivity index (χ1) is 11.7. The summed E-state index contributed by atoms with van der Waals surface area (Å²) < 4.78 is 0. The summed E-state index contributed by atoms with van der Waals surface area (Å²) in [7, 11) is 0. The monoisotopic (exact) mass is 328 g/mol. The first-order valence-corrected chi connectivity index (χ1v) is 10.4. The molecule has 2 N–H and O–H groups in total. The quantitative estimate of drug-likeness (QED) is 0.594. The molecule has 1 fully saturated rings. The van der Waals surface area contributed by atoms with Crippen molar-refractivity contribution in [3.05, 3.63) is 22.9 Å². The molecule has 0 amide bonds. The van der Waals surface area contributed by atoms with Crippen LogP contribution >= 0.6 is 0 Å². The molecule has 0 aliphatic heterocycles. The molecule has 0 aromatic rings. The Morgan fingerprint density at radius 1 is 0.875 bits per heavy atom. The number of rotatable bonds is 1. The Bertz CT molecular complexity index is 477. The molecule has 2 aliphatic carbocycles. The van der Waals surface area contributed by atoms with Gasteiger partial charge < -0.3 is 5.73 Å². The molecule has 0 heterocycles. The van der Waals surface area contributed by atoms with Gasteiger partial charge in [0.25, 0.3) is 0 Å². The summed E-state index contributed by atoms with van der Waals surface area (Å²) in [6, 6.07) is 2.49. The minimum atomic E-state index is -0.0512. The molecule has 0 saturated heterocycles. The largest absolute Gasteiger partial charge is 0.398 e. The standard InChI is InChI=1S/C22H36N2/c1-2-19-17-22(20(18-23)21(19)24)15-13-11-9-7-5-3-4-6-8-10-12-14-16-22/h17H,2-16,24H2,1H3. The lowest BCUT2D eigenvalue weighted by atomic mass is 9.74. The molecule has 0 unspecified atom stereocenters. The van der Waals surface area contributed by atoms with Crippen molar-refractivity contribution in [2.75, 3.05) is 0 Å². The van der Waals surface area contributed by atoms with Crippen LogP contribution in [0, 0.1) is 16.7 Å². The SMILES string of the molecule is CCC1=CC2(CCCCCCCCCCCCCC2)C(C#N)=C1N. The van der Waals surface area contributed by atoms with Gasteiger partial charge in [0.1, 0.15) is 0 Å². The second kappa shape index (κ2) is 9.92. The number of nitrogens with zero attached hydrogens (tertiary/aromatic N) is 1. The maximum Gasteiger partial charge on any atom is 0.0978 e. The predicted octanol–water partition coefficient (Wildman–Crippen LogP) is 6.53. The Balaban J connectivity index is 2.09. The van der Waals surface area contributed by atoms with E-state index in [1.165, 1.54) is 82.6 Å². The maximum atomic E-state index is 9.75. The van der Waals surface area contributed by atoms with Crippen molar-refractivity contribution >= 4 is 0 Å². The van der Waals surface area contributed by atoms with Gasteiger partial charge in [-0.25, -0.2) is 0 Å². The Morgan fingerprint density at radius 3 is 1.67 bits per heavy atom. The van der Waals surface area contributed by atoms with Crippen molar-refractivity contribution < 1.29 is 0 Å². The second-order valence-electron chi connectivity index (χ2n) is 7.82. The van der Waals surface area contributed by atoms with Gasteiger partial charge in [0, 0.05) is 11.1 Å². The fourth-order valence-corrected chi connectivity index (χ4v) is 4.54. The third kappa shape index (κ3) is 4.88. The second-order valence-corrected chi connectivity index (χ2v) is 7.82. The number of nitriles is 1. The molecule has 2 heteroatoms. The average Bonchev–Trinajstić information content (AvgIpc) is 2.85. The molecule has 24 heavy (non-hydrogen) atoms. The van der Waals surface area contributed by atoms with E-state index in [-0.39, 0.29) is 5.41 Å². The Kier molecular flexibility index (Phi) is 7.89. The molecule has 2 aliphatic rings. The van der Waals surface area contributed by atoms with Gasteiger partial charge in [-0.1, -0.05) is 90.0 Å². The van der Waals surface area contributed by atoms with Crippen LogP contribution in [0.3, 0.4) is 0 Å². The smallest absolute Gasteiger partial charge is 0.0978 e. The summed E-state index contributed by atoms with van der Waals surface area (Å²) in [4.78, 5) is 0. The lowest BCUT2D eigenvalue weighted by Gasteiger charge is -2.28. The third-order valence-corrected chi connectivity index (χ3v) is 6.05. The van der Waals surface area contributed by atoms with E-state index in [9.17, 15) is 5.26 Å². The molecule has 134 valence electrons. The summed E-state index contributed by atoms with van der Waals surface area (Å²) in [6.45, 7) is 2.15. The highest BCUT2D eigenvalue weighted by atomic mass is 14.6. The fraction of sp³-hybridized carbons (Fsp3) is 0.773. The van der Waals surface area contributed by atoms with Crippen molar-refractivity contribution in [1.29, 1.82) is 5.26 Å². The zero-order valence-electron chi connectivity index (χ0n) is 15.7. The summed E-state index contributed by atoms with van der Waals surface area (Å²) in [5.74, 6) is 0. The van der Waals surface area contributed by atoms with Crippen LogP contribution in [0.15, 0.2) is 22.9 Å². The highest BCUT2D eigenvalue weighted by molar-refractivity contribution is 5.52.